The van der Waals surface area contributed by atoms with Gasteiger partial charge in [-0.2, -0.15) is 0 Å². The Morgan fingerprint density at radius 1 is 0.264 bits per heavy atom. The van der Waals surface area contributed by atoms with Crippen molar-refractivity contribution in [3.8, 4) is 66.8 Å². The first kappa shape index (κ1) is 40.3. The fourth-order valence-corrected chi connectivity index (χ4v) is 11.9. The van der Waals surface area contributed by atoms with Gasteiger partial charge in [0.05, 0.1) is 5.69 Å². The number of aromatic nitrogens is 2. The van der Waals surface area contributed by atoms with E-state index in [0.717, 1.165) is 39.9 Å². The number of benzene rings is 11. The van der Waals surface area contributed by atoms with Gasteiger partial charge in [-0.05, 0) is 184 Å². The summed E-state index contributed by atoms with van der Waals surface area (Å²) in [6.07, 6.45) is 3.74. The minimum Gasteiger partial charge on any atom is -0.295 e. The molecule has 4 heteroatoms. The highest BCUT2D eigenvalue weighted by Crippen LogP contribution is 2.56. The summed E-state index contributed by atoms with van der Waals surface area (Å²) < 4.78 is 0. The topological polar surface area (TPSA) is 32.3 Å². The molecule has 2 heterocycles. The molecule has 72 heavy (non-hydrogen) atoms. The summed E-state index contributed by atoms with van der Waals surface area (Å²) in [7, 11) is 0. The van der Waals surface area contributed by atoms with Gasteiger partial charge in [0.25, 0.3) is 0 Å². The van der Waals surface area contributed by atoms with Gasteiger partial charge in [-0.25, -0.2) is 9.97 Å². The van der Waals surface area contributed by atoms with Gasteiger partial charge in [-0.15, -0.1) is 0 Å². The molecule has 0 amide bonds. The predicted octanol–water partition coefficient (Wildman–Crippen LogP) is 18.7. The van der Waals surface area contributed by atoms with Crippen molar-refractivity contribution >= 4 is 77.5 Å². The van der Waals surface area contributed by atoms with Gasteiger partial charge in [0.1, 0.15) is 11.6 Å². The minimum atomic E-state index is 0.866. The van der Waals surface area contributed by atoms with Gasteiger partial charge in [0, 0.05) is 40.2 Å². The highest BCUT2D eigenvalue weighted by atomic mass is 15.2. The van der Waals surface area contributed by atoms with Gasteiger partial charge < -0.3 is 0 Å². The Hall–Kier alpha value is -9.64. The smallest absolute Gasteiger partial charge is 0.137 e. The SMILES string of the molecule is c1ccc(N(c2ccc(-c3ccc4c5c(c6ccccc6cc35)-c3cc(-c5cccc(N(c6ccccn6)c6ccc7c8c(c9ccccc9cc68)-c6ccccc6-7)c5)ccc3-4)cc2)c2ccccn2)cc1. The maximum atomic E-state index is 5.01. The molecule has 15 rings (SSSR count). The van der Waals surface area contributed by atoms with Crippen LogP contribution >= 0.6 is 0 Å². The summed E-state index contributed by atoms with van der Waals surface area (Å²) in [6, 6.07) is 88.3. The van der Waals surface area contributed by atoms with Crippen LogP contribution in [-0.2, 0) is 0 Å². The van der Waals surface area contributed by atoms with Crippen molar-refractivity contribution < 1.29 is 0 Å². The lowest BCUT2D eigenvalue weighted by Crippen LogP contribution is -2.12. The number of fused-ring (bicyclic) bond motifs is 10. The summed E-state index contributed by atoms with van der Waals surface area (Å²) in [4.78, 5) is 14.3. The Morgan fingerprint density at radius 3 is 1.53 bits per heavy atom. The molecule has 0 aliphatic heterocycles. The van der Waals surface area contributed by atoms with E-state index in [9.17, 15) is 0 Å². The average molecular weight is 915 g/mol. The van der Waals surface area contributed by atoms with E-state index in [1.54, 1.807) is 0 Å². The summed E-state index contributed by atoms with van der Waals surface area (Å²) in [5.41, 5.74) is 19.2. The second kappa shape index (κ2) is 16.0. The van der Waals surface area contributed by atoms with Crippen LogP contribution in [0.4, 0.5) is 34.4 Å². The zero-order valence-corrected chi connectivity index (χ0v) is 39.0. The van der Waals surface area contributed by atoms with E-state index in [-0.39, 0.29) is 0 Å². The largest absolute Gasteiger partial charge is 0.295 e. The number of nitrogens with zero attached hydrogens (tertiary/aromatic N) is 4. The first-order valence-corrected chi connectivity index (χ1v) is 24.6. The molecule has 2 aliphatic rings. The van der Waals surface area contributed by atoms with E-state index in [1.807, 2.05) is 36.7 Å². The number of hydrogen-bond donors (Lipinski definition) is 0. The highest BCUT2D eigenvalue weighted by Gasteiger charge is 2.29. The molecular weight excluding hydrogens is 873 g/mol. The molecule has 0 fully saturated rings. The summed E-state index contributed by atoms with van der Waals surface area (Å²) in [6.45, 7) is 0. The third-order valence-electron chi connectivity index (χ3n) is 15.0. The molecule has 11 aromatic carbocycles. The molecule has 0 N–H and O–H groups in total. The van der Waals surface area contributed by atoms with Crippen molar-refractivity contribution in [2.24, 2.45) is 0 Å². The fraction of sp³-hybridized carbons (Fsp3) is 0. The zero-order chi connectivity index (χ0) is 47.3. The third-order valence-corrected chi connectivity index (χ3v) is 15.0. The highest BCUT2D eigenvalue weighted by molar-refractivity contribution is 6.28. The Balaban J connectivity index is 0.857. The maximum Gasteiger partial charge on any atom is 0.137 e. The van der Waals surface area contributed by atoms with Crippen LogP contribution in [0.2, 0.25) is 0 Å². The van der Waals surface area contributed by atoms with E-state index >= 15 is 0 Å². The Kier molecular flexibility index (Phi) is 8.92. The van der Waals surface area contributed by atoms with Crippen LogP contribution in [0.15, 0.2) is 255 Å². The molecule has 0 bridgehead atoms. The molecule has 0 saturated heterocycles. The Labute approximate surface area is 417 Å². The normalized spacial score (nSPS) is 11.9. The molecular formula is C68H42N4. The van der Waals surface area contributed by atoms with Crippen molar-refractivity contribution in [3.63, 3.8) is 0 Å². The minimum absolute atomic E-state index is 0.866. The molecule has 0 atom stereocenters. The maximum absolute atomic E-state index is 5.01. The van der Waals surface area contributed by atoms with E-state index in [0.29, 0.717) is 0 Å². The first-order chi connectivity index (χ1) is 35.7. The second-order valence-electron chi connectivity index (χ2n) is 18.9. The lowest BCUT2D eigenvalue weighted by molar-refractivity contribution is 1.18. The lowest BCUT2D eigenvalue weighted by atomic mass is 9.90. The monoisotopic (exact) mass is 914 g/mol. The van der Waals surface area contributed by atoms with Crippen molar-refractivity contribution in [2.45, 2.75) is 0 Å². The van der Waals surface area contributed by atoms with Gasteiger partial charge in [-0.1, -0.05) is 158 Å². The summed E-state index contributed by atoms with van der Waals surface area (Å²) >= 11 is 0. The van der Waals surface area contributed by atoms with Crippen molar-refractivity contribution in [3.05, 3.63) is 255 Å². The molecule has 0 spiro atoms. The first-order valence-electron chi connectivity index (χ1n) is 24.6. The second-order valence-corrected chi connectivity index (χ2v) is 18.9. The van der Waals surface area contributed by atoms with Gasteiger partial charge in [0.2, 0.25) is 0 Å². The van der Waals surface area contributed by atoms with Gasteiger partial charge >= 0.3 is 0 Å². The van der Waals surface area contributed by atoms with E-state index in [1.165, 1.54) is 104 Å². The quantitative estimate of drug-likeness (QED) is 0.142. The average Bonchev–Trinajstić information content (AvgIpc) is 3.97. The number of anilines is 6. The van der Waals surface area contributed by atoms with Crippen LogP contribution in [0.25, 0.3) is 110 Å². The van der Waals surface area contributed by atoms with Gasteiger partial charge in [0.15, 0.2) is 0 Å². The molecule has 0 saturated carbocycles. The summed E-state index contributed by atoms with van der Waals surface area (Å²) in [5.74, 6) is 1.74. The molecule has 0 unspecified atom stereocenters. The third kappa shape index (κ3) is 6.12. The lowest BCUT2D eigenvalue weighted by Gasteiger charge is -2.27. The number of hydrogen-bond acceptors (Lipinski definition) is 4. The van der Waals surface area contributed by atoms with Crippen LogP contribution in [-0.4, -0.2) is 9.97 Å². The van der Waals surface area contributed by atoms with E-state index < -0.39 is 0 Å². The van der Waals surface area contributed by atoms with E-state index in [4.69, 9.17) is 9.97 Å². The fourth-order valence-electron chi connectivity index (χ4n) is 11.9. The van der Waals surface area contributed by atoms with Crippen LogP contribution in [0.1, 0.15) is 0 Å². The predicted molar refractivity (Wildman–Crippen MR) is 301 cm³/mol. The van der Waals surface area contributed by atoms with Crippen LogP contribution in [0, 0.1) is 0 Å². The molecule has 2 aliphatic carbocycles. The van der Waals surface area contributed by atoms with Crippen LogP contribution < -0.4 is 9.80 Å². The molecule has 4 nitrogen and oxygen atoms in total. The Bertz CT molecular complexity index is 4280. The van der Waals surface area contributed by atoms with Crippen molar-refractivity contribution in [2.75, 3.05) is 9.80 Å². The molecule has 0 radical (unpaired) electrons. The standard InChI is InChI=1S/C68H42N4/c1-2-18-48(19-3-1)71(63-25-10-12-37-69-63)49-30-27-43(28-31-49)51-33-34-57-55-32-29-45(40-60(55)66-53-22-7-4-15-46(53)41-59(51)67(57)66)44-17-14-20-50(39-44)72(64-26-11-13-38-70-64)62-36-35-58-54-23-8-9-24-56(54)65-52-21-6-5-16-47(52)42-61(62)68(58)65/h1-42H. The van der Waals surface area contributed by atoms with Crippen molar-refractivity contribution in [1.82, 2.24) is 9.97 Å². The van der Waals surface area contributed by atoms with Crippen LogP contribution in [0.5, 0.6) is 0 Å². The summed E-state index contributed by atoms with van der Waals surface area (Å²) in [5, 5.41) is 10.1. The van der Waals surface area contributed by atoms with Crippen LogP contribution in [0.3, 0.4) is 0 Å². The number of pyridine rings is 2. The zero-order valence-electron chi connectivity index (χ0n) is 39.0. The van der Waals surface area contributed by atoms with Crippen molar-refractivity contribution in [1.29, 1.82) is 0 Å². The van der Waals surface area contributed by atoms with E-state index in [2.05, 4.69) is 228 Å². The van der Waals surface area contributed by atoms with Gasteiger partial charge in [-0.3, -0.25) is 9.80 Å². The molecule has 334 valence electrons. The Morgan fingerprint density at radius 2 is 0.792 bits per heavy atom. The molecule has 2 aromatic heterocycles. The number of para-hydroxylation sites is 1. The number of rotatable bonds is 8. The molecule has 13 aromatic rings.